The summed E-state index contributed by atoms with van der Waals surface area (Å²) in [5.41, 5.74) is 0. The fourth-order valence-electron chi connectivity index (χ4n) is 2.24. The third kappa shape index (κ3) is 15.9. The maximum Gasteiger partial charge on any atom is 0.245 e. The minimum Gasteiger partial charge on any atom is -0.389 e. The molecule has 0 aliphatic rings. The highest BCUT2D eigenvalue weighted by atomic mass is 16.7. The topological polar surface area (TPSA) is 49.8 Å². The van der Waals surface area contributed by atoms with Gasteiger partial charge < -0.3 is 5.11 Å². The van der Waals surface area contributed by atoms with Crippen molar-refractivity contribution in [3.63, 3.8) is 0 Å². The van der Waals surface area contributed by atoms with Crippen molar-refractivity contribution in [2.45, 2.75) is 70.8 Å². The van der Waals surface area contributed by atoms with Crippen LogP contribution in [-0.4, -0.2) is 36.3 Å². The standard InChI is InChI=1S/C22H37NO3/c1-4-5-6-7-8-9-10-11-12-13-14-15-16-18-21(24)19-17-20-22(25)23(2)26-3/h8-9,11-12,14-16,18,21,24H,4-7,10,13,17,19-20H2,1-3H3/b9-8-,12-11-,15-14-,18-16+. The van der Waals surface area contributed by atoms with Gasteiger partial charge in [0.1, 0.15) is 0 Å². The summed E-state index contributed by atoms with van der Waals surface area (Å²) in [6.07, 6.45) is 24.4. The van der Waals surface area contributed by atoms with E-state index in [0.29, 0.717) is 19.3 Å². The number of hydrogen-bond acceptors (Lipinski definition) is 3. The largest absolute Gasteiger partial charge is 0.389 e. The minimum atomic E-state index is -0.520. The zero-order chi connectivity index (χ0) is 19.5. The fraction of sp³-hybridized carbons (Fsp3) is 0.591. The first-order valence-electron chi connectivity index (χ1n) is 9.73. The smallest absolute Gasteiger partial charge is 0.245 e. The Morgan fingerprint density at radius 3 is 2.42 bits per heavy atom. The van der Waals surface area contributed by atoms with E-state index in [9.17, 15) is 9.90 Å². The lowest BCUT2D eigenvalue weighted by atomic mass is 10.1. The molecule has 4 heteroatoms. The average Bonchev–Trinajstić information content (AvgIpc) is 2.64. The summed E-state index contributed by atoms with van der Waals surface area (Å²) >= 11 is 0. The van der Waals surface area contributed by atoms with E-state index < -0.39 is 6.10 Å². The molecule has 1 N–H and O–H groups in total. The number of rotatable bonds is 15. The molecule has 1 atom stereocenters. The number of unbranched alkanes of at least 4 members (excludes halogenated alkanes) is 3. The second-order valence-electron chi connectivity index (χ2n) is 6.26. The molecular weight excluding hydrogens is 326 g/mol. The Morgan fingerprint density at radius 1 is 1.04 bits per heavy atom. The molecular formula is C22H37NO3. The maximum absolute atomic E-state index is 11.5. The normalized spacial score (nSPS) is 13.5. The Balaban J connectivity index is 3.70. The fourth-order valence-corrected chi connectivity index (χ4v) is 2.24. The lowest BCUT2D eigenvalue weighted by Gasteiger charge is -2.13. The Labute approximate surface area is 159 Å². The van der Waals surface area contributed by atoms with Gasteiger partial charge in [0.2, 0.25) is 5.91 Å². The lowest BCUT2D eigenvalue weighted by molar-refractivity contribution is -0.168. The van der Waals surface area contributed by atoms with Crippen LogP contribution in [-0.2, 0) is 9.63 Å². The number of amides is 1. The van der Waals surface area contributed by atoms with Crippen LogP contribution in [0.1, 0.15) is 64.7 Å². The van der Waals surface area contributed by atoms with Crippen LogP contribution in [0.4, 0.5) is 0 Å². The van der Waals surface area contributed by atoms with Gasteiger partial charge in [-0.1, -0.05) is 68.4 Å². The molecule has 0 aromatic rings. The van der Waals surface area contributed by atoms with E-state index in [2.05, 4.69) is 37.3 Å². The summed E-state index contributed by atoms with van der Waals surface area (Å²) in [7, 11) is 3.05. The van der Waals surface area contributed by atoms with E-state index in [1.165, 1.54) is 37.9 Å². The zero-order valence-electron chi connectivity index (χ0n) is 16.8. The van der Waals surface area contributed by atoms with Crippen molar-refractivity contribution in [3.8, 4) is 0 Å². The molecule has 0 rings (SSSR count). The zero-order valence-corrected chi connectivity index (χ0v) is 16.8. The molecule has 1 unspecified atom stereocenters. The highest BCUT2D eigenvalue weighted by Gasteiger charge is 2.08. The molecule has 0 fully saturated rings. The molecule has 0 aliphatic carbocycles. The summed E-state index contributed by atoms with van der Waals surface area (Å²) in [6, 6.07) is 0. The van der Waals surface area contributed by atoms with Gasteiger partial charge in [-0.25, -0.2) is 5.06 Å². The first kappa shape index (κ1) is 24.4. The SMILES string of the molecule is CCCCC/C=C\C/C=C\C/C=C\C=C\C(O)CCCC(=O)N(C)OC. The van der Waals surface area contributed by atoms with Crippen LogP contribution in [0.3, 0.4) is 0 Å². The highest BCUT2D eigenvalue weighted by Crippen LogP contribution is 2.05. The number of aliphatic hydroxyl groups is 1. The average molecular weight is 364 g/mol. The predicted molar refractivity (Wildman–Crippen MR) is 110 cm³/mol. The Kier molecular flexibility index (Phi) is 17.0. The Hall–Kier alpha value is -1.65. The van der Waals surface area contributed by atoms with Gasteiger partial charge in [-0.15, -0.1) is 0 Å². The molecule has 0 heterocycles. The molecule has 0 saturated heterocycles. The van der Waals surface area contributed by atoms with Crippen LogP contribution in [0, 0.1) is 0 Å². The monoisotopic (exact) mass is 363 g/mol. The summed E-state index contributed by atoms with van der Waals surface area (Å²) in [5.74, 6) is -0.0776. The Morgan fingerprint density at radius 2 is 1.73 bits per heavy atom. The number of nitrogens with zero attached hydrogens (tertiary/aromatic N) is 1. The summed E-state index contributed by atoms with van der Waals surface area (Å²) in [6.45, 7) is 2.22. The predicted octanol–water partition coefficient (Wildman–Crippen LogP) is 5.12. The molecule has 4 nitrogen and oxygen atoms in total. The van der Waals surface area contributed by atoms with Crippen LogP contribution in [0.25, 0.3) is 0 Å². The van der Waals surface area contributed by atoms with Crippen molar-refractivity contribution in [2.75, 3.05) is 14.2 Å². The van der Waals surface area contributed by atoms with Gasteiger partial charge >= 0.3 is 0 Å². The molecule has 0 aromatic carbocycles. The number of allylic oxidation sites excluding steroid dienone is 7. The summed E-state index contributed by atoms with van der Waals surface area (Å²) < 4.78 is 0. The third-order valence-electron chi connectivity index (χ3n) is 3.95. The van der Waals surface area contributed by atoms with Gasteiger partial charge in [0.25, 0.3) is 0 Å². The first-order chi connectivity index (χ1) is 12.6. The minimum absolute atomic E-state index is 0.0776. The molecule has 0 saturated carbocycles. The van der Waals surface area contributed by atoms with Crippen molar-refractivity contribution < 1.29 is 14.7 Å². The van der Waals surface area contributed by atoms with E-state index >= 15 is 0 Å². The molecule has 148 valence electrons. The van der Waals surface area contributed by atoms with Crippen molar-refractivity contribution in [2.24, 2.45) is 0 Å². The van der Waals surface area contributed by atoms with Crippen molar-refractivity contribution in [1.29, 1.82) is 0 Å². The number of carbonyl (C=O) groups excluding carboxylic acids is 1. The van der Waals surface area contributed by atoms with Gasteiger partial charge in [-0.05, 0) is 38.5 Å². The number of hydrogen-bond donors (Lipinski definition) is 1. The molecule has 26 heavy (non-hydrogen) atoms. The lowest BCUT2D eigenvalue weighted by Crippen LogP contribution is -2.25. The number of hydroxylamine groups is 2. The summed E-state index contributed by atoms with van der Waals surface area (Å²) in [4.78, 5) is 16.3. The quantitative estimate of drug-likeness (QED) is 0.190. The first-order valence-corrected chi connectivity index (χ1v) is 9.73. The summed E-state index contributed by atoms with van der Waals surface area (Å²) in [5, 5.41) is 11.0. The second-order valence-corrected chi connectivity index (χ2v) is 6.26. The van der Waals surface area contributed by atoms with Gasteiger partial charge in [-0.2, -0.15) is 0 Å². The highest BCUT2D eigenvalue weighted by molar-refractivity contribution is 5.74. The molecule has 1 amide bonds. The molecule has 0 aliphatic heterocycles. The van der Waals surface area contributed by atoms with E-state index in [1.807, 2.05) is 12.2 Å². The van der Waals surface area contributed by atoms with E-state index in [4.69, 9.17) is 4.84 Å². The van der Waals surface area contributed by atoms with Crippen LogP contribution in [0.2, 0.25) is 0 Å². The molecule has 0 aromatic heterocycles. The third-order valence-corrected chi connectivity index (χ3v) is 3.95. The maximum atomic E-state index is 11.5. The van der Waals surface area contributed by atoms with Crippen molar-refractivity contribution in [1.82, 2.24) is 5.06 Å². The molecule has 0 radical (unpaired) electrons. The van der Waals surface area contributed by atoms with Crippen LogP contribution in [0.5, 0.6) is 0 Å². The molecule has 0 spiro atoms. The van der Waals surface area contributed by atoms with Gasteiger partial charge in [-0.3, -0.25) is 9.63 Å². The number of aliphatic hydroxyl groups excluding tert-OH is 1. The van der Waals surface area contributed by atoms with E-state index in [0.717, 1.165) is 12.8 Å². The van der Waals surface area contributed by atoms with Crippen molar-refractivity contribution in [3.05, 3.63) is 48.6 Å². The van der Waals surface area contributed by atoms with E-state index in [-0.39, 0.29) is 5.91 Å². The second kappa shape index (κ2) is 18.2. The van der Waals surface area contributed by atoms with E-state index in [1.54, 1.807) is 13.1 Å². The molecule has 0 bridgehead atoms. The van der Waals surface area contributed by atoms with Crippen LogP contribution in [0.15, 0.2) is 48.6 Å². The van der Waals surface area contributed by atoms with Gasteiger partial charge in [0.15, 0.2) is 0 Å². The van der Waals surface area contributed by atoms with Crippen LogP contribution >= 0.6 is 0 Å². The van der Waals surface area contributed by atoms with Gasteiger partial charge in [0, 0.05) is 13.5 Å². The Bertz CT molecular complexity index is 452. The van der Waals surface area contributed by atoms with Crippen LogP contribution < -0.4 is 0 Å². The van der Waals surface area contributed by atoms with Crippen molar-refractivity contribution >= 4 is 5.91 Å². The van der Waals surface area contributed by atoms with Gasteiger partial charge in [0.05, 0.1) is 13.2 Å². The number of carbonyl (C=O) groups is 1.